The molecule has 0 aromatic rings. The normalized spacial score (nSPS) is 25.6. The summed E-state index contributed by atoms with van der Waals surface area (Å²) in [4.78, 5) is 25.3. The molecule has 2 rings (SSSR count). The second-order valence-electron chi connectivity index (χ2n) is 5.04. The SMILES string of the molecule is CC1NCCCN(CC(=O)NCC2CC2)C1=O. The molecule has 96 valence electrons. The van der Waals surface area contributed by atoms with Gasteiger partial charge >= 0.3 is 0 Å². The van der Waals surface area contributed by atoms with Crippen molar-refractivity contribution >= 4 is 11.8 Å². The van der Waals surface area contributed by atoms with Crippen LogP contribution >= 0.6 is 0 Å². The molecular weight excluding hydrogens is 218 g/mol. The van der Waals surface area contributed by atoms with Gasteiger partial charge in [0.15, 0.2) is 0 Å². The molecule has 1 saturated heterocycles. The van der Waals surface area contributed by atoms with E-state index >= 15 is 0 Å². The van der Waals surface area contributed by atoms with Gasteiger partial charge in [-0.05, 0) is 38.6 Å². The first kappa shape index (κ1) is 12.4. The van der Waals surface area contributed by atoms with E-state index in [4.69, 9.17) is 0 Å². The molecule has 1 heterocycles. The quantitative estimate of drug-likeness (QED) is 0.709. The van der Waals surface area contributed by atoms with E-state index in [0.717, 1.165) is 19.5 Å². The molecular formula is C12H21N3O2. The number of hydrogen-bond donors (Lipinski definition) is 2. The van der Waals surface area contributed by atoms with Crippen molar-refractivity contribution in [2.24, 2.45) is 5.92 Å². The largest absolute Gasteiger partial charge is 0.354 e. The Hall–Kier alpha value is -1.10. The van der Waals surface area contributed by atoms with Crippen molar-refractivity contribution in [3.63, 3.8) is 0 Å². The van der Waals surface area contributed by atoms with Crippen LogP contribution in [-0.4, -0.2) is 48.9 Å². The van der Waals surface area contributed by atoms with E-state index in [9.17, 15) is 9.59 Å². The zero-order valence-corrected chi connectivity index (χ0v) is 10.4. The number of nitrogens with zero attached hydrogens (tertiary/aromatic N) is 1. The van der Waals surface area contributed by atoms with E-state index in [1.807, 2.05) is 6.92 Å². The average molecular weight is 239 g/mol. The van der Waals surface area contributed by atoms with E-state index in [1.165, 1.54) is 12.8 Å². The Morgan fingerprint density at radius 3 is 3.00 bits per heavy atom. The Bertz CT molecular complexity index is 302. The molecule has 0 spiro atoms. The van der Waals surface area contributed by atoms with Crippen molar-refractivity contribution in [1.82, 2.24) is 15.5 Å². The Kier molecular flexibility index (Phi) is 3.99. The van der Waals surface area contributed by atoms with Gasteiger partial charge in [0.05, 0.1) is 12.6 Å². The molecule has 0 aromatic heterocycles. The highest BCUT2D eigenvalue weighted by molar-refractivity contribution is 5.87. The first-order valence-corrected chi connectivity index (χ1v) is 6.45. The fourth-order valence-electron chi connectivity index (χ4n) is 2.03. The van der Waals surface area contributed by atoms with Crippen LogP contribution in [0.1, 0.15) is 26.2 Å². The van der Waals surface area contributed by atoms with Crippen LogP contribution in [0.3, 0.4) is 0 Å². The van der Waals surface area contributed by atoms with Gasteiger partial charge in [0.25, 0.3) is 0 Å². The van der Waals surface area contributed by atoms with Crippen molar-refractivity contribution < 1.29 is 9.59 Å². The highest BCUT2D eigenvalue weighted by Crippen LogP contribution is 2.27. The predicted molar refractivity (Wildman–Crippen MR) is 64.4 cm³/mol. The Labute approximate surface area is 102 Å². The fourth-order valence-corrected chi connectivity index (χ4v) is 2.03. The van der Waals surface area contributed by atoms with E-state index in [0.29, 0.717) is 12.5 Å². The first-order chi connectivity index (χ1) is 8.16. The van der Waals surface area contributed by atoms with Gasteiger partial charge in [-0.25, -0.2) is 0 Å². The van der Waals surface area contributed by atoms with Crippen molar-refractivity contribution in [2.75, 3.05) is 26.2 Å². The molecule has 1 atom stereocenters. The van der Waals surface area contributed by atoms with Crippen molar-refractivity contribution in [3.05, 3.63) is 0 Å². The molecule has 5 heteroatoms. The van der Waals surface area contributed by atoms with Crippen LogP contribution in [0.15, 0.2) is 0 Å². The number of carbonyl (C=O) groups excluding carboxylic acids is 2. The van der Waals surface area contributed by atoms with Crippen LogP contribution in [0.2, 0.25) is 0 Å². The molecule has 5 nitrogen and oxygen atoms in total. The topological polar surface area (TPSA) is 61.4 Å². The number of hydrogen-bond acceptors (Lipinski definition) is 3. The summed E-state index contributed by atoms with van der Waals surface area (Å²) in [5.74, 6) is 0.683. The number of rotatable bonds is 4. The molecule has 0 radical (unpaired) electrons. The van der Waals surface area contributed by atoms with Gasteiger partial charge < -0.3 is 15.5 Å². The van der Waals surface area contributed by atoms with Crippen LogP contribution in [0.4, 0.5) is 0 Å². The van der Waals surface area contributed by atoms with Crippen molar-refractivity contribution in [2.45, 2.75) is 32.2 Å². The highest BCUT2D eigenvalue weighted by Gasteiger charge is 2.26. The third kappa shape index (κ3) is 3.70. The zero-order chi connectivity index (χ0) is 12.3. The van der Waals surface area contributed by atoms with Crippen molar-refractivity contribution in [3.8, 4) is 0 Å². The maximum atomic E-state index is 11.9. The molecule has 2 amide bonds. The van der Waals surface area contributed by atoms with Gasteiger partial charge in [-0.1, -0.05) is 0 Å². The predicted octanol–water partition coefficient (Wildman–Crippen LogP) is -0.277. The standard InChI is InChI=1S/C12H21N3O2/c1-9-12(17)15(6-2-5-13-9)8-11(16)14-7-10-3-4-10/h9-10,13H,2-8H2,1H3,(H,14,16). The van der Waals surface area contributed by atoms with E-state index in [1.54, 1.807) is 4.90 Å². The zero-order valence-electron chi connectivity index (χ0n) is 10.4. The molecule has 1 aliphatic carbocycles. The lowest BCUT2D eigenvalue weighted by molar-refractivity contribution is -0.136. The van der Waals surface area contributed by atoms with Gasteiger partial charge in [-0.2, -0.15) is 0 Å². The number of nitrogens with one attached hydrogen (secondary N) is 2. The molecule has 2 fully saturated rings. The smallest absolute Gasteiger partial charge is 0.239 e. The van der Waals surface area contributed by atoms with Crippen LogP contribution < -0.4 is 10.6 Å². The summed E-state index contributed by atoms with van der Waals surface area (Å²) < 4.78 is 0. The van der Waals surface area contributed by atoms with Crippen molar-refractivity contribution in [1.29, 1.82) is 0 Å². The molecule has 0 bridgehead atoms. The van der Waals surface area contributed by atoms with E-state index in [-0.39, 0.29) is 24.4 Å². The van der Waals surface area contributed by atoms with Gasteiger partial charge in [0.1, 0.15) is 0 Å². The Morgan fingerprint density at radius 1 is 1.53 bits per heavy atom. The lowest BCUT2D eigenvalue weighted by atomic mass is 10.3. The van der Waals surface area contributed by atoms with Gasteiger partial charge in [-0.15, -0.1) is 0 Å². The minimum atomic E-state index is -0.172. The molecule has 1 saturated carbocycles. The first-order valence-electron chi connectivity index (χ1n) is 6.45. The van der Waals surface area contributed by atoms with Crippen LogP contribution in [-0.2, 0) is 9.59 Å². The third-order valence-electron chi connectivity index (χ3n) is 3.36. The summed E-state index contributed by atoms with van der Waals surface area (Å²) in [6.07, 6.45) is 3.36. The van der Waals surface area contributed by atoms with E-state index < -0.39 is 0 Å². The molecule has 17 heavy (non-hydrogen) atoms. The summed E-state index contributed by atoms with van der Waals surface area (Å²) in [5, 5.41) is 6.03. The van der Waals surface area contributed by atoms with Crippen LogP contribution in [0, 0.1) is 5.92 Å². The second kappa shape index (κ2) is 5.49. The fraction of sp³-hybridized carbons (Fsp3) is 0.833. The van der Waals surface area contributed by atoms with Gasteiger partial charge in [0, 0.05) is 13.1 Å². The summed E-state index contributed by atoms with van der Waals surface area (Å²) in [7, 11) is 0. The summed E-state index contributed by atoms with van der Waals surface area (Å²) in [6.45, 7) is 4.34. The highest BCUT2D eigenvalue weighted by atomic mass is 16.2. The maximum Gasteiger partial charge on any atom is 0.239 e. The number of carbonyl (C=O) groups is 2. The summed E-state index contributed by atoms with van der Waals surface area (Å²) >= 11 is 0. The molecule has 1 unspecified atom stereocenters. The minimum absolute atomic E-state index is 0.0284. The Balaban J connectivity index is 1.78. The monoisotopic (exact) mass is 239 g/mol. The van der Waals surface area contributed by atoms with Crippen LogP contribution in [0.25, 0.3) is 0 Å². The van der Waals surface area contributed by atoms with Gasteiger partial charge in [-0.3, -0.25) is 9.59 Å². The average Bonchev–Trinajstić information content (AvgIpc) is 3.12. The number of amides is 2. The molecule has 2 N–H and O–H groups in total. The summed E-state index contributed by atoms with van der Waals surface area (Å²) in [5.41, 5.74) is 0. The molecule has 0 aromatic carbocycles. The summed E-state index contributed by atoms with van der Waals surface area (Å²) in [6, 6.07) is -0.172. The van der Waals surface area contributed by atoms with E-state index in [2.05, 4.69) is 10.6 Å². The lowest BCUT2D eigenvalue weighted by Crippen LogP contribution is -2.46. The maximum absolute atomic E-state index is 11.9. The minimum Gasteiger partial charge on any atom is -0.354 e. The van der Waals surface area contributed by atoms with Crippen LogP contribution in [0.5, 0.6) is 0 Å². The Morgan fingerprint density at radius 2 is 2.29 bits per heavy atom. The lowest BCUT2D eigenvalue weighted by Gasteiger charge is -2.21. The molecule has 2 aliphatic rings. The molecule has 1 aliphatic heterocycles. The van der Waals surface area contributed by atoms with Gasteiger partial charge in [0.2, 0.25) is 11.8 Å². The second-order valence-corrected chi connectivity index (χ2v) is 5.04. The third-order valence-corrected chi connectivity index (χ3v) is 3.36.